The van der Waals surface area contributed by atoms with Crippen LogP contribution < -0.4 is 0 Å². The largest absolute Gasteiger partial charge is 0.0996 e. The summed E-state index contributed by atoms with van der Waals surface area (Å²) in [5, 5.41) is 0. The van der Waals surface area contributed by atoms with Crippen molar-refractivity contribution in [3.05, 3.63) is 12.2 Å². The van der Waals surface area contributed by atoms with Crippen LogP contribution in [0.4, 0.5) is 0 Å². The Bertz CT molecular complexity index is 103. The minimum atomic E-state index is 0.889. The molecule has 0 aromatic carbocycles. The summed E-state index contributed by atoms with van der Waals surface area (Å²) in [6.45, 7) is 8.47. The van der Waals surface area contributed by atoms with Gasteiger partial charge in [0.25, 0.3) is 0 Å². The van der Waals surface area contributed by atoms with E-state index >= 15 is 0 Å². The van der Waals surface area contributed by atoms with Crippen LogP contribution in [0.2, 0.25) is 0 Å². The van der Waals surface area contributed by atoms with Crippen LogP contribution in [-0.2, 0) is 0 Å². The SMILES string of the molecule is C=C(CC)C1CC1C. The molecule has 46 valence electrons. The minimum Gasteiger partial charge on any atom is -0.0996 e. The van der Waals surface area contributed by atoms with Crippen LogP contribution in [0.5, 0.6) is 0 Å². The highest BCUT2D eigenvalue weighted by Crippen LogP contribution is 2.43. The number of allylic oxidation sites excluding steroid dienone is 1. The van der Waals surface area contributed by atoms with Crippen molar-refractivity contribution in [1.82, 2.24) is 0 Å². The number of hydrogen-bond acceptors (Lipinski definition) is 0. The molecule has 0 heterocycles. The quantitative estimate of drug-likeness (QED) is 0.479. The Morgan fingerprint density at radius 2 is 2.25 bits per heavy atom. The van der Waals surface area contributed by atoms with Crippen molar-refractivity contribution in [1.29, 1.82) is 0 Å². The highest BCUT2D eigenvalue weighted by molar-refractivity contribution is 5.09. The van der Waals surface area contributed by atoms with Gasteiger partial charge in [-0.25, -0.2) is 0 Å². The molecule has 8 heavy (non-hydrogen) atoms. The monoisotopic (exact) mass is 110 g/mol. The van der Waals surface area contributed by atoms with Crippen LogP contribution in [0, 0.1) is 11.8 Å². The van der Waals surface area contributed by atoms with Crippen molar-refractivity contribution in [3.63, 3.8) is 0 Å². The molecule has 0 spiro atoms. The summed E-state index contributed by atoms with van der Waals surface area (Å²) in [6, 6.07) is 0. The predicted octanol–water partition coefficient (Wildman–Crippen LogP) is 2.61. The smallest absolute Gasteiger partial charge is 0.0177 e. The molecule has 0 saturated heterocycles. The molecule has 0 N–H and O–H groups in total. The fraction of sp³-hybridized carbons (Fsp3) is 0.750. The summed E-state index contributed by atoms with van der Waals surface area (Å²) >= 11 is 0. The molecule has 0 bridgehead atoms. The molecule has 1 aliphatic rings. The Hall–Kier alpha value is -0.260. The van der Waals surface area contributed by atoms with Crippen molar-refractivity contribution in [3.8, 4) is 0 Å². The van der Waals surface area contributed by atoms with E-state index in [-0.39, 0.29) is 0 Å². The Morgan fingerprint density at radius 3 is 2.38 bits per heavy atom. The van der Waals surface area contributed by atoms with Gasteiger partial charge in [-0.3, -0.25) is 0 Å². The van der Waals surface area contributed by atoms with Gasteiger partial charge in [-0.1, -0.05) is 26.0 Å². The molecule has 0 radical (unpaired) electrons. The maximum Gasteiger partial charge on any atom is -0.0177 e. The number of hydrogen-bond donors (Lipinski definition) is 0. The first-order valence-electron chi connectivity index (χ1n) is 3.43. The van der Waals surface area contributed by atoms with Gasteiger partial charge >= 0.3 is 0 Å². The van der Waals surface area contributed by atoms with Gasteiger partial charge in [0, 0.05) is 0 Å². The van der Waals surface area contributed by atoms with Gasteiger partial charge in [0.05, 0.1) is 0 Å². The van der Waals surface area contributed by atoms with Gasteiger partial charge in [-0.15, -0.1) is 0 Å². The molecule has 2 unspecified atom stereocenters. The molecular formula is C8H14. The molecule has 1 rings (SSSR count). The van der Waals surface area contributed by atoms with E-state index in [1.807, 2.05) is 0 Å². The topological polar surface area (TPSA) is 0 Å². The maximum atomic E-state index is 3.99. The average Bonchev–Trinajstić information content (AvgIpc) is 2.45. The van der Waals surface area contributed by atoms with Crippen LogP contribution >= 0.6 is 0 Å². The molecule has 1 aliphatic carbocycles. The zero-order valence-electron chi connectivity index (χ0n) is 5.78. The first-order valence-corrected chi connectivity index (χ1v) is 3.43. The summed E-state index contributed by atoms with van der Waals surface area (Å²) in [4.78, 5) is 0. The molecule has 0 amide bonds. The van der Waals surface area contributed by atoms with Crippen LogP contribution in [0.1, 0.15) is 26.7 Å². The zero-order valence-corrected chi connectivity index (χ0v) is 5.78. The van der Waals surface area contributed by atoms with E-state index in [0.717, 1.165) is 11.8 Å². The van der Waals surface area contributed by atoms with Crippen LogP contribution in [0.15, 0.2) is 12.2 Å². The molecule has 0 aliphatic heterocycles. The third-order valence-electron chi connectivity index (χ3n) is 2.09. The fourth-order valence-corrected chi connectivity index (χ4v) is 1.15. The van der Waals surface area contributed by atoms with Crippen molar-refractivity contribution in [2.45, 2.75) is 26.7 Å². The van der Waals surface area contributed by atoms with E-state index in [9.17, 15) is 0 Å². The normalized spacial score (nSPS) is 34.8. The first-order chi connectivity index (χ1) is 3.75. The van der Waals surface area contributed by atoms with Gasteiger partial charge in [0.2, 0.25) is 0 Å². The molecule has 2 atom stereocenters. The average molecular weight is 110 g/mol. The predicted molar refractivity (Wildman–Crippen MR) is 36.7 cm³/mol. The second kappa shape index (κ2) is 1.93. The third kappa shape index (κ3) is 0.936. The Kier molecular flexibility index (Phi) is 1.41. The summed E-state index contributed by atoms with van der Waals surface area (Å²) in [5.41, 5.74) is 1.46. The van der Waals surface area contributed by atoms with E-state index in [1.54, 1.807) is 0 Å². The second-order valence-electron chi connectivity index (χ2n) is 2.83. The molecule has 1 saturated carbocycles. The van der Waals surface area contributed by atoms with Crippen molar-refractivity contribution >= 4 is 0 Å². The molecule has 0 aromatic heterocycles. The summed E-state index contributed by atoms with van der Waals surface area (Å²) in [5.74, 6) is 1.84. The molecule has 0 nitrogen and oxygen atoms in total. The van der Waals surface area contributed by atoms with Gasteiger partial charge < -0.3 is 0 Å². The Balaban J connectivity index is 2.28. The van der Waals surface area contributed by atoms with E-state index in [0.29, 0.717) is 0 Å². The minimum absolute atomic E-state index is 0.889. The fourth-order valence-electron chi connectivity index (χ4n) is 1.15. The first kappa shape index (κ1) is 5.87. The lowest BCUT2D eigenvalue weighted by Gasteiger charge is -1.95. The summed E-state index contributed by atoms with van der Waals surface area (Å²) in [7, 11) is 0. The van der Waals surface area contributed by atoms with E-state index < -0.39 is 0 Å². The van der Waals surface area contributed by atoms with Crippen LogP contribution in [0.3, 0.4) is 0 Å². The van der Waals surface area contributed by atoms with Crippen molar-refractivity contribution in [2.24, 2.45) is 11.8 Å². The van der Waals surface area contributed by atoms with Gasteiger partial charge in [0.15, 0.2) is 0 Å². The Morgan fingerprint density at radius 1 is 1.75 bits per heavy atom. The highest BCUT2D eigenvalue weighted by Gasteiger charge is 2.33. The number of rotatable bonds is 2. The second-order valence-corrected chi connectivity index (χ2v) is 2.83. The maximum absolute atomic E-state index is 3.99. The lowest BCUT2D eigenvalue weighted by atomic mass is 10.1. The zero-order chi connectivity index (χ0) is 6.15. The Labute approximate surface area is 51.6 Å². The molecule has 0 aromatic rings. The summed E-state index contributed by atoms with van der Waals surface area (Å²) < 4.78 is 0. The standard InChI is InChI=1S/C8H14/c1-4-6(2)8-5-7(8)3/h7-8H,2,4-5H2,1,3H3. The van der Waals surface area contributed by atoms with E-state index in [4.69, 9.17) is 0 Å². The van der Waals surface area contributed by atoms with Crippen molar-refractivity contribution in [2.75, 3.05) is 0 Å². The van der Waals surface area contributed by atoms with Gasteiger partial charge in [-0.05, 0) is 24.7 Å². The lowest BCUT2D eigenvalue weighted by molar-refractivity contribution is 0.821. The van der Waals surface area contributed by atoms with Crippen LogP contribution in [0.25, 0.3) is 0 Å². The molecule has 1 fully saturated rings. The third-order valence-corrected chi connectivity index (χ3v) is 2.09. The summed E-state index contributed by atoms with van der Waals surface area (Å²) in [6.07, 6.45) is 2.57. The van der Waals surface area contributed by atoms with E-state index in [2.05, 4.69) is 20.4 Å². The highest BCUT2D eigenvalue weighted by atomic mass is 14.4. The van der Waals surface area contributed by atoms with Gasteiger partial charge in [0.1, 0.15) is 0 Å². The van der Waals surface area contributed by atoms with Crippen LogP contribution in [-0.4, -0.2) is 0 Å². The van der Waals surface area contributed by atoms with Gasteiger partial charge in [-0.2, -0.15) is 0 Å². The van der Waals surface area contributed by atoms with E-state index in [1.165, 1.54) is 18.4 Å². The van der Waals surface area contributed by atoms with Crippen molar-refractivity contribution < 1.29 is 0 Å². The molecular weight excluding hydrogens is 96.1 g/mol. The molecule has 0 heteroatoms. The lowest BCUT2D eigenvalue weighted by Crippen LogP contribution is -1.81.